The fraction of sp³-hybridized carbons (Fsp3) is 0.552. The third kappa shape index (κ3) is 9.20. The molecule has 1 unspecified atom stereocenters. The van der Waals surface area contributed by atoms with Gasteiger partial charge in [-0.1, -0.05) is 19.9 Å². The van der Waals surface area contributed by atoms with Gasteiger partial charge >= 0.3 is 6.16 Å². The molecule has 5 N–H and O–H groups in total. The van der Waals surface area contributed by atoms with Crippen molar-refractivity contribution in [2.75, 3.05) is 26.9 Å². The molecule has 3 rings (SSSR count). The largest absolute Gasteiger partial charge is 0.506 e. The summed E-state index contributed by atoms with van der Waals surface area (Å²) in [7, 11) is 1.54. The van der Waals surface area contributed by atoms with E-state index in [9.17, 15) is 24.0 Å². The van der Waals surface area contributed by atoms with Crippen molar-refractivity contribution in [3.8, 4) is 5.75 Å². The van der Waals surface area contributed by atoms with Crippen LogP contribution in [-0.2, 0) is 23.9 Å². The number of methoxy groups -OCH3 is 1. The van der Waals surface area contributed by atoms with Gasteiger partial charge in [-0.15, -0.1) is 0 Å². The quantitative estimate of drug-likeness (QED) is 0.145. The van der Waals surface area contributed by atoms with Crippen molar-refractivity contribution < 1.29 is 43.3 Å². The number of fused-ring (bicyclic) bond motifs is 1. The highest BCUT2D eigenvalue weighted by Crippen LogP contribution is 2.26. The maximum Gasteiger partial charge on any atom is 0.506 e. The first-order valence-corrected chi connectivity index (χ1v) is 14.0. The smallest absolute Gasteiger partial charge is 0.496 e. The maximum atomic E-state index is 13.5. The van der Waals surface area contributed by atoms with Crippen LogP contribution in [0, 0.1) is 11.8 Å². The Labute approximate surface area is 244 Å². The number of ether oxygens (including phenoxy) is 3. The van der Waals surface area contributed by atoms with E-state index in [-0.39, 0.29) is 43.6 Å². The Hall–Kier alpha value is -4.13. The Kier molecular flexibility index (Phi) is 11.7. The summed E-state index contributed by atoms with van der Waals surface area (Å²) in [5, 5.41) is 17.7. The molecule has 0 aliphatic carbocycles. The average molecular weight is 589 g/mol. The van der Waals surface area contributed by atoms with Crippen LogP contribution in [0.25, 0.3) is 10.9 Å². The molecule has 1 aromatic carbocycles. The number of Topliss-reactive ketones (excluding diaryl/α,β-unsaturated/α-hetero) is 1. The van der Waals surface area contributed by atoms with Crippen LogP contribution in [0.4, 0.5) is 4.79 Å². The fourth-order valence-electron chi connectivity index (χ4n) is 4.82. The van der Waals surface area contributed by atoms with Crippen LogP contribution in [0.15, 0.2) is 24.3 Å². The van der Waals surface area contributed by atoms with Gasteiger partial charge in [0.15, 0.2) is 5.78 Å². The number of benzene rings is 1. The molecule has 2 aromatic rings. The Morgan fingerprint density at radius 3 is 2.52 bits per heavy atom. The highest BCUT2D eigenvalue weighted by Gasteiger charge is 2.33. The highest BCUT2D eigenvalue weighted by atomic mass is 16.7. The van der Waals surface area contributed by atoms with Crippen LogP contribution in [-0.4, -0.2) is 84.8 Å². The van der Waals surface area contributed by atoms with Gasteiger partial charge in [-0.3, -0.25) is 19.2 Å². The van der Waals surface area contributed by atoms with Crippen molar-refractivity contribution in [2.45, 2.75) is 64.6 Å². The second kappa shape index (κ2) is 15.2. The molecule has 1 fully saturated rings. The van der Waals surface area contributed by atoms with Crippen LogP contribution >= 0.6 is 0 Å². The molecule has 3 amide bonds. The van der Waals surface area contributed by atoms with Crippen molar-refractivity contribution in [1.82, 2.24) is 20.9 Å². The van der Waals surface area contributed by atoms with Gasteiger partial charge < -0.3 is 40.3 Å². The number of carbonyl (C=O) groups is 5. The van der Waals surface area contributed by atoms with Crippen molar-refractivity contribution in [3.63, 3.8) is 0 Å². The fourth-order valence-corrected chi connectivity index (χ4v) is 4.82. The maximum absolute atomic E-state index is 13.5. The average Bonchev–Trinajstić information content (AvgIpc) is 3.55. The zero-order valence-electron chi connectivity index (χ0n) is 24.4. The Morgan fingerprint density at radius 1 is 1.12 bits per heavy atom. The molecule has 1 aliphatic heterocycles. The summed E-state index contributed by atoms with van der Waals surface area (Å²) in [4.78, 5) is 65.8. The molecule has 0 spiro atoms. The first-order chi connectivity index (χ1) is 20.0. The van der Waals surface area contributed by atoms with Gasteiger partial charge in [0.25, 0.3) is 5.91 Å². The number of hydrogen-bond donors (Lipinski definition) is 5. The molecule has 1 aromatic heterocycles. The molecule has 0 saturated carbocycles. The number of ketones is 1. The summed E-state index contributed by atoms with van der Waals surface area (Å²) in [5.41, 5.74) is 0.953. The number of H-pyrrole nitrogens is 1. The van der Waals surface area contributed by atoms with E-state index in [4.69, 9.17) is 14.6 Å². The lowest BCUT2D eigenvalue weighted by Gasteiger charge is -2.25. The van der Waals surface area contributed by atoms with E-state index in [1.54, 1.807) is 25.1 Å². The lowest BCUT2D eigenvalue weighted by atomic mass is 9.95. The van der Waals surface area contributed by atoms with E-state index in [0.717, 1.165) is 5.39 Å². The van der Waals surface area contributed by atoms with E-state index in [1.165, 1.54) is 7.11 Å². The van der Waals surface area contributed by atoms with E-state index in [1.807, 2.05) is 19.9 Å². The Bertz CT molecular complexity index is 1280. The number of nitrogens with one attached hydrogen (secondary N) is 4. The minimum absolute atomic E-state index is 0.0389. The predicted octanol–water partition coefficient (Wildman–Crippen LogP) is 2.39. The van der Waals surface area contributed by atoms with Crippen molar-refractivity contribution in [3.05, 3.63) is 30.0 Å². The number of aromatic nitrogens is 1. The zero-order chi connectivity index (χ0) is 30.8. The highest BCUT2D eigenvalue weighted by molar-refractivity contribution is 6.02. The molecular formula is C29H40N4O9. The minimum atomic E-state index is -1.40. The van der Waals surface area contributed by atoms with Gasteiger partial charge in [-0.05, 0) is 50.3 Å². The van der Waals surface area contributed by atoms with Crippen molar-refractivity contribution >= 4 is 40.6 Å². The van der Waals surface area contributed by atoms with Gasteiger partial charge in [-0.25, -0.2) is 4.79 Å². The lowest BCUT2D eigenvalue weighted by Crippen LogP contribution is -2.53. The molecule has 1 aliphatic rings. The van der Waals surface area contributed by atoms with Gasteiger partial charge in [0, 0.05) is 29.8 Å². The first-order valence-electron chi connectivity index (χ1n) is 14.0. The van der Waals surface area contributed by atoms with E-state index >= 15 is 0 Å². The number of aromatic amines is 1. The van der Waals surface area contributed by atoms with Gasteiger partial charge in [0.1, 0.15) is 30.2 Å². The summed E-state index contributed by atoms with van der Waals surface area (Å²) < 4.78 is 15.4. The van der Waals surface area contributed by atoms with Crippen LogP contribution < -0.4 is 20.7 Å². The standard InChI is InChI=1S/C29H40N4O9/c1-16(2)12-22(33-28(37)23-14-19-20(31-23)6-5-7-25(19)40-4)27(36)32-21(13-18-8-10-30-26(18)35)24(34)15-41-11-9-17(3)42-29(38)39/h5-7,14,16-18,21-22,31H,8-13,15H2,1-4H3,(H,30,35)(H,32,36)(H,33,37)(H,38,39)/t17?,18-,21-,22-/m0/s1. The third-order valence-corrected chi connectivity index (χ3v) is 7.02. The zero-order valence-corrected chi connectivity index (χ0v) is 24.4. The molecular weight excluding hydrogens is 548 g/mol. The number of carboxylic acid groups (broad SMARTS) is 1. The number of rotatable bonds is 16. The number of hydrogen-bond acceptors (Lipinski definition) is 8. The van der Waals surface area contributed by atoms with Crippen LogP contribution in [0.1, 0.15) is 56.9 Å². The molecule has 0 bridgehead atoms. The third-order valence-electron chi connectivity index (χ3n) is 7.02. The summed E-state index contributed by atoms with van der Waals surface area (Å²) in [6.07, 6.45) is -0.854. The Morgan fingerprint density at radius 2 is 1.88 bits per heavy atom. The van der Waals surface area contributed by atoms with Gasteiger partial charge in [0.05, 0.1) is 19.8 Å². The molecule has 1 saturated heterocycles. The molecule has 230 valence electrons. The summed E-state index contributed by atoms with van der Waals surface area (Å²) in [6.45, 7) is 5.58. The van der Waals surface area contributed by atoms with Crippen LogP contribution in [0.3, 0.4) is 0 Å². The Balaban J connectivity index is 1.70. The second-order valence-electron chi connectivity index (χ2n) is 10.8. The number of carbonyl (C=O) groups excluding carboxylic acids is 4. The van der Waals surface area contributed by atoms with Gasteiger partial charge in [-0.2, -0.15) is 0 Å². The second-order valence-corrected chi connectivity index (χ2v) is 10.8. The predicted molar refractivity (Wildman–Crippen MR) is 152 cm³/mol. The van der Waals surface area contributed by atoms with E-state index in [2.05, 4.69) is 25.7 Å². The minimum Gasteiger partial charge on any atom is -0.496 e. The summed E-state index contributed by atoms with van der Waals surface area (Å²) in [5.74, 6) is -1.49. The molecule has 2 heterocycles. The van der Waals surface area contributed by atoms with Crippen molar-refractivity contribution in [2.24, 2.45) is 11.8 Å². The summed E-state index contributed by atoms with van der Waals surface area (Å²) >= 11 is 0. The molecule has 13 heteroatoms. The monoisotopic (exact) mass is 588 g/mol. The molecule has 0 radical (unpaired) electrons. The van der Waals surface area contributed by atoms with E-state index < -0.39 is 47.9 Å². The van der Waals surface area contributed by atoms with Gasteiger partial charge in [0.2, 0.25) is 11.8 Å². The van der Waals surface area contributed by atoms with Crippen molar-refractivity contribution in [1.29, 1.82) is 0 Å². The number of amides is 3. The molecule has 4 atom stereocenters. The first kappa shape index (κ1) is 32.4. The van der Waals surface area contributed by atoms with Crippen LogP contribution in [0.2, 0.25) is 0 Å². The molecule has 42 heavy (non-hydrogen) atoms. The normalized spacial score (nSPS) is 16.9. The van der Waals surface area contributed by atoms with E-state index in [0.29, 0.717) is 30.7 Å². The van der Waals surface area contributed by atoms with Crippen LogP contribution in [0.5, 0.6) is 5.75 Å². The lowest BCUT2D eigenvalue weighted by molar-refractivity contribution is -0.132. The topological polar surface area (TPSA) is 185 Å². The SMILES string of the molecule is COc1cccc2[nH]c(C(=O)N[C@@H](CC(C)C)C(=O)N[C@@H](C[C@@H]3CCNC3=O)C(=O)COCCC(C)OC(=O)O)cc12. The summed E-state index contributed by atoms with van der Waals surface area (Å²) in [6, 6.07) is 5.06. The molecule has 13 nitrogen and oxygen atoms in total.